The Kier molecular flexibility index (Phi) is 3.84. The summed E-state index contributed by atoms with van der Waals surface area (Å²) in [6, 6.07) is 4.94. The average Bonchev–Trinajstić information content (AvgIpc) is 2.81. The maximum atomic E-state index is 12.1. The Hall–Kier alpha value is -1.59. The summed E-state index contributed by atoms with van der Waals surface area (Å²) in [4.78, 5) is 12.1. The Morgan fingerprint density at radius 3 is 2.89 bits per heavy atom. The number of rotatable bonds is 3. The van der Waals surface area contributed by atoms with Crippen LogP contribution in [0, 0.1) is 12.8 Å². The van der Waals surface area contributed by atoms with Gasteiger partial charge in [-0.05, 0) is 37.7 Å². The number of phenolic OH excluding ortho intramolecular Hbond substituents is 1. The molecule has 5 nitrogen and oxygen atoms in total. The lowest BCUT2D eigenvalue weighted by molar-refractivity contribution is -0.120. The highest BCUT2D eigenvalue weighted by Gasteiger charge is 2.33. The maximum absolute atomic E-state index is 12.1. The molecular formula is C13H18N2O3. The van der Waals surface area contributed by atoms with Crippen molar-refractivity contribution in [2.75, 3.05) is 25.6 Å². The number of hydrogen-bond acceptors (Lipinski definition) is 4. The third kappa shape index (κ3) is 2.63. The molecule has 0 bridgehead atoms. The van der Waals surface area contributed by atoms with E-state index in [4.69, 9.17) is 4.74 Å². The number of carbonyl (C=O) groups is 1. The zero-order chi connectivity index (χ0) is 13.1. The van der Waals surface area contributed by atoms with Crippen molar-refractivity contribution >= 4 is 11.6 Å². The molecule has 0 aliphatic carbocycles. The van der Waals surface area contributed by atoms with Crippen molar-refractivity contribution in [3.63, 3.8) is 0 Å². The number of phenols is 1. The molecule has 2 rings (SSSR count). The van der Waals surface area contributed by atoms with Gasteiger partial charge in [-0.1, -0.05) is 0 Å². The lowest BCUT2D eigenvalue weighted by Gasteiger charge is -2.17. The van der Waals surface area contributed by atoms with Gasteiger partial charge in [0.2, 0.25) is 5.91 Å². The van der Waals surface area contributed by atoms with E-state index in [1.54, 1.807) is 18.2 Å². The lowest BCUT2D eigenvalue weighted by Crippen LogP contribution is -2.39. The molecule has 1 heterocycles. The molecule has 0 spiro atoms. The first-order chi connectivity index (χ1) is 8.61. The summed E-state index contributed by atoms with van der Waals surface area (Å²) in [6.45, 7) is 2.84. The molecule has 1 amide bonds. The Morgan fingerprint density at radius 1 is 1.44 bits per heavy atom. The van der Waals surface area contributed by atoms with Crippen LogP contribution in [0.3, 0.4) is 0 Å². The smallest absolute Gasteiger partial charge is 0.231 e. The van der Waals surface area contributed by atoms with Gasteiger partial charge in [-0.3, -0.25) is 4.79 Å². The van der Waals surface area contributed by atoms with Crippen LogP contribution < -0.4 is 10.6 Å². The van der Waals surface area contributed by atoms with Gasteiger partial charge in [0.05, 0.1) is 19.1 Å². The fraction of sp³-hybridized carbons (Fsp3) is 0.462. The molecule has 2 unspecified atom stereocenters. The van der Waals surface area contributed by atoms with E-state index < -0.39 is 0 Å². The normalized spacial score (nSPS) is 23.0. The largest absolute Gasteiger partial charge is 0.508 e. The number of amides is 1. The number of ether oxygens (including phenoxy) is 1. The molecule has 2 atom stereocenters. The van der Waals surface area contributed by atoms with Crippen LogP contribution in [0.4, 0.5) is 5.69 Å². The fourth-order valence-corrected chi connectivity index (χ4v) is 2.11. The lowest BCUT2D eigenvalue weighted by atomic mass is 10.0. The quantitative estimate of drug-likeness (QED) is 0.696. The molecule has 3 N–H and O–H groups in total. The third-order valence-corrected chi connectivity index (χ3v) is 3.26. The van der Waals surface area contributed by atoms with Gasteiger partial charge in [-0.15, -0.1) is 0 Å². The molecule has 0 saturated carbocycles. The monoisotopic (exact) mass is 250 g/mol. The number of hydrogen-bond donors (Lipinski definition) is 3. The SMILES string of the molecule is CNC1COCC1C(=O)Nc1ccc(O)cc1C. The van der Waals surface area contributed by atoms with Crippen LogP contribution in [0.15, 0.2) is 18.2 Å². The van der Waals surface area contributed by atoms with E-state index in [0.29, 0.717) is 13.2 Å². The van der Waals surface area contributed by atoms with Gasteiger partial charge in [0.15, 0.2) is 0 Å². The van der Waals surface area contributed by atoms with Crippen molar-refractivity contribution in [3.8, 4) is 5.75 Å². The zero-order valence-corrected chi connectivity index (χ0v) is 10.6. The number of aryl methyl sites for hydroxylation is 1. The second-order valence-electron chi connectivity index (χ2n) is 4.53. The molecule has 0 aromatic heterocycles. The second kappa shape index (κ2) is 5.37. The summed E-state index contributed by atoms with van der Waals surface area (Å²) in [7, 11) is 1.82. The van der Waals surface area contributed by atoms with E-state index in [2.05, 4.69) is 10.6 Å². The highest BCUT2D eigenvalue weighted by atomic mass is 16.5. The van der Waals surface area contributed by atoms with Gasteiger partial charge in [0, 0.05) is 11.7 Å². The summed E-state index contributed by atoms with van der Waals surface area (Å²) in [5.41, 5.74) is 1.56. The van der Waals surface area contributed by atoms with Gasteiger partial charge in [-0.25, -0.2) is 0 Å². The van der Waals surface area contributed by atoms with Gasteiger partial charge in [-0.2, -0.15) is 0 Å². The van der Waals surface area contributed by atoms with E-state index in [1.165, 1.54) is 0 Å². The molecule has 1 saturated heterocycles. The van der Waals surface area contributed by atoms with Crippen molar-refractivity contribution in [2.24, 2.45) is 5.92 Å². The maximum Gasteiger partial charge on any atom is 0.231 e. The van der Waals surface area contributed by atoms with Crippen molar-refractivity contribution < 1.29 is 14.6 Å². The van der Waals surface area contributed by atoms with Crippen LogP contribution >= 0.6 is 0 Å². The number of likely N-dealkylation sites (N-methyl/N-ethyl adjacent to an activating group) is 1. The predicted octanol–water partition coefficient (Wildman–Crippen LogP) is 0.874. The van der Waals surface area contributed by atoms with Crippen molar-refractivity contribution in [1.29, 1.82) is 0 Å². The molecule has 1 fully saturated rings. The molecule has 1 aliphatic rings. The molecule has 1 aromatic rings. The highest BCUT2D eigenvalue weighted by Crippen LogP contribution is 2.22. The standard InChI is InChI=1S/C13H18N2O3/c1-8-5-9(16)3-4-11(8)15-13(17)10-6-18-7-12(10)14-2/h3-5,10,12,14,16H,6-7H2,1-2H3,(H,15,17). The van der Waals surface area contributed by atoms with E-state index in [0.717, 1.165) is 11.3 Å². The number of nitrogens with one attached hydrogen (secondary N) is 2. The predicted molar refractivity (Wildman–Crippen MR) is 68.6 cm³/mol. The summed E-state index contributed by atoms with van der Waals surface area (Å²) in [5, 5.41) is 15.3. The number of carbonyl (C=O) groups excluding carboxylic acids is 1. The summed E-state index contributed by atoms with van der Waals surface area (Å²) >= 11 is 0. The minimum atomic E-state index is -0.178. The van der Waals surface area contributed by atoms with Crippen LogP contribution in [-0.2, 0) is 9.53 Å². The minimum absolute atomic E-state index is 0.0550. The van der Waals surface area contributed by atoms with Crippen molar-refractivity contribution in [2.45, 2.75) is 13.0 Å². The van der Waals surface area contributed by atoms with Gasteiger partial charge >= 0.3 is 0 Å². The van der Waals surface area contributed by atoms with Gasteiger partial charge in [0.25, 0.3) is 0 Å². The average molecular weight is 250 g/mol. The van der Waals surface area contributed by atoms with Crippen molar-refractivity contribution in [1.82, 2.24) is 5.32 Å². The van der Waals surface area contributed by atoms with E-state index in [9.17, 15) is 9.90 Å². The minimum Gasteiger partial charge on any atom is -0.508 e. The number of aromatic hydroxyl groups is 1. The number of benzene rings is 1. The van der Waals surface area contributed by atoms with Crippen LogP contribution in [0.5, 0.6) is 5.75 Å². The summed E-state index contributed by atoms with van der Waals surface area (Å²) in [6.07, 6.45) is 0. The zero-order valence-electron chi connectivity index (χ0n) is 10.6. The highest BCUT2D eigenvalue weighted by molar-refractivity contribution is 5.94. The number of anilines is 1. The first-order valence-corrected chi connectivity index (χ1v) is 5.97. The van der Waals surface area contributed by atoms with E-state index in [-0.39, 0.29) is 23.6 Å². The molecular weight excluding hydrogens is 232 g/mol. The Balaban J connectivity index is 2.07. The first kappa shape index (κ1) is 12.9. The molecule has 0 radical (unpaired) electrons. The molecule has 98 valence electrons. The molecule has 5 heteroatoms. The van der Waals surface area contributed by atoms with Crippen LogP contribution in [0.2, 0.25) is 0 Å². The van der Waals surface area contributed by atoms with E-state index >= 15 is 0 Å². The Bertz CT molecular complexity index is 448. The van der Waals surface area contributed by atoms with Crippen molar-refractivity contribution in [3.05, 3.63) is 23.8 Å². The molecule has 1 aliphatic heterocycles. The topological polar surface area (TPSA) is 70.6 Å². The summed E-state index contributed by atoms with van der Waals surface area (Å²) < 4.78 is 5.31. The first-order valence-electron chi connectivity index (χ1n) is 5.97. The van der Waals surface area contributed by atoms with Gasteiger partial charge in [0.1, 0.15) is 5.75 Å². The van der Waals surface area contributed by atoms with Crippen LogP contribution in [-0.4, -0.2) is 37.3 Å². The van der Waals surface area contributed by atoms with Crippen LogP contribution in [0.1, 0.15) is 5.56 Å². The Morgan fingerprint density at radius 2 is 2.22 bits per heavy atom. The van der Waals surface area contributed by atoms with Crippen LogP contribution in [0.25, 0.3) is 0 Å². The fourth-order valence-electron chi connectivity index (χ4n) is 2.11. The second-order valence-corrected chi connectivity index (χ2v) is 4.53. The molecule has 1 aromatic carbocycles. The van der Waals surface area contributed by atoms with E-state index in [1.807, 2.05) is 14.0 Å². The summed E-state index contributed by atoms with van der Waals surface area (Å²) in [5.74, 6) is -0.0355. The Labute approximate surface area is 106 Å². The van der Waals surface area contributed by atoms with Gasteiger partial charge < -0.3 is 20.5 Å². The third-order valence-electron chi connectivity index (χ3n) is 3.26. The molecule has 18 heavy (non-hydrogen) atoms.